The highest BCUT2D eigenvalue weighted by Crippen LogP contribution is 2.39. The first-order valence-corrected chi connectivity index (χ1v) is 20.1. The number of hydrogen-bond donors (Lipinski definition) is 0. The molecule has 8 aromatic carbocycles. The lowest BCUT2D eigenvalue weighted by Crippen LogP contribution is -1.97. The Morgan fingerprint density at radius 3 is 1.50 bits per heavy atom. The monoisotopic (exact) mass is 767 g/mol. The number of fused-ring (bicyclic) bond motifs is 7. The zero-order valence-electron chi connectivity index (χ0n) is 32.2. The van der Waals surface area contributed by atoms with Crippen molar-refractivity contribution >= 4 is 54.6 Å². The van der Waals surface area contributed by atoms with Gasteiger partial charge >= 0.3 is 0 Å². The van der Waals surface area contributed by atoms with Gasteiger partial charge in [0.05, 0.1) is 11.4 Å². The van der Waals surface area contributed by atoms with Crippen molar-refractivity contribution in [2.75, 3.05) is 0 Å². The number of pyridine rings is 1. The first-order chi connectivity index (χ1) is 29.7. The van der Waals surface area contributed by atoms with Crippen LogP contribution in [0.2, 0.25) is 0 Å². The van der Waals surface area contributed by atoms with Crippen LogP contribution < -0.4 is 0 Å². The molecule has 0 unspecified atom stereocenters. The fraction of sp³-hybridized carbons (Fsp3) is 0. The molecule has 5 nitrogen and oxygen atoms in total. The second-order valence-electron chi connectivity index (χ2n) is 15.2. The SMILES string of the molecule is c1ccc(-c2cc(-c3ccc(-c4cccc5cnccc45)cc3)nc(-c3cc(-c4ccc5oc6ccccc6c5c4)cc(-c4ccc5oc6ccccc6c5c4)c3)n2)cc1. The van der Waals surface area contributed by atoms with Crippen LogP contribution in [0.15, 0.2) is 209 Å². The van der Waals surface area contributed by atoms with E-state index < -0.39 is 0 Å². The van der Waals surface area contributed by atoms with Crippen LogP contribution in [0, 0.1) is 0 Å². The maximum atomic E-state index is 6.23. The first-order valence-electron chi connectivity index (χ1n) is 20.1. The molecule has 0 amide bonds. The molecule has 0 aliphatic heterocycles. The number of aromatic nitrogens is 3. The number of benzene rings is 8. The van der Waals surface area contributed by atoms with Crippen LogP contribution in [0.25, 0.3) is 122 Å². The maximum Gasteiger partial charge on any atom is 0.160 e. The molecule has 4 aromatic heterocycles. The van der Waals surface area contributed by atoms with E-state index in [1.807, 2.05) is 42.7 Å². The number of para-hydroxylation sites is 2. The van der Waals surface area contributed by atoms with Crippen LogP contribution >= 0.6 is 0 Å². The zero-order valence-corrected chi connectivity index (χ0v) is 32.2. The molecule has 12 rings (SSSR count). The van der Waals surface area contributed by atoms with E-state index in [1.54, 1.807) is 0 Å². The van der Waals surface area contributed by atoms with Gasteiger partial charge in [-0.1, -0.05) is 121 Å². The van der Waals surface area contributed by atoms with Crippen molar-refractivity contribution in [2.24, 2.45) is 0 Å². The normalized spacial score (nSPS) is 11.7. The third-order valence-corrected chi connectivity index (χ3v) is 11.6. The average Bonchev–Trinajstić information content (AvgIpc) is 3.89. The third kappa shape index (κ3) is 5.83. The summed E-state index contributed by atoms with van der Waals surface area (Å²) in [5.41, 5.74) is 14.7. The van der Waals surface area contributed by atoms with Gasteiger partial charge in [-0.3, -0.25) is 4.98 Å². The van der Waals surface area contributed by atoms with Crippen LogP contribution in [0.5, 0.6) is 0 Å². The van der Waals surface area contributed by atoms with E-state index >= 15 is 0 Å². The Morgan fingerprint density at radius 1 is 0.317 bits per heavy atom. The minimum atomic E-state index is 0.643. The van der Waals surface area contributed by atoms with E-state index in [4.69, 9.17) is 18.8 Å². The topological polar surface area (TPSA) is 65.0 Å². The lowest BCUT2D eigenvalue weighted by Gasteiger charge is -2.13. The molecule has 0 aliphatic carbocycles. The molecular formula is C55H33N3O2. The van der Waals surface area contributed by atoms with E-state index in [0.29, 0.717) is 5.82 Å². The van der Waals surface area contributed by atoms with E-state index in [-0.39, 0.29) is 0 Å². The van der Waals surface area contributed by atoms with E-state index in [9.17, 15) is 0 Å². The molecule has 60 heavy (non-hydrogen) atoms. The maximum absolute atomic E-state index is 6.23. The fourth-order valence-electron chi connectivity index (χ4n) is 8.58. The van der Waals surface area contributed by atoms with Crippen molar-refractivity contribution in [3.63, 3.8) is 0 Å². The van der Waals surface area contributed by atoms with Crippen molar-refractivity contribution in [2.45, 2.75) is 0 Å². The minimum absolute atomic E-state index is 0.643. The molecule has 280 valence electrons. The Bertz CT molecular complexity index is 3470. The van der Waals surface area contributed by atoms with Gasteiger partial charge in [-0.25, -0.2) is 9.97 Å². The molecule has 0 aliphatic rings. The summed E-state index contributed by atoms with van der Waals surface area (Å²) in [6.07, 6.45) is 3.76. The highest BCUT2D eigenvalue weighted by molar-refractivity contribution is 6.08. The van der Waals surface area contributed by atoms with E-state index in [1.165, 1.54) is 10.9 Å². The van der Waals surface area contributed by atoms with Gasteiger partial charge in [0.25, 0.3) is 0 Å². The summed E-state index contributed by atoms with van der Waals surface area (Å²) in [4.78, 5) is 15.0. The highest BCUT2D eigenvalue weighted by atomic mass is 16.3. The molecular weight excluding hydrogens is 735 g/mol. The summed E-state index contributed by atoms with van der Waals surface area (Å²) in [5, 5.41) is 6.63. The molecule has 5 heteroatoms. The van der Waals surface area contributed by atoms with Crippen LogP contribution in [0.3, 0.4) is 0 Å². The van der Waals surface area contributed by atoms with Gasteiger partial charge in [0, 0.05) is 56.0 Å². The number of hydrogen-bond acceptors (Lipinski definition) is 5. The van der Waals surface area contributed by atoms with Crippen LogP contribution in [0.1, 0.15) is 0 Å². The Morgan fingerprint density at radius 2 is 0.850 bits per heavy atom. The Kier molecular flexibility index (Phi) is 7.78. The van der Waals surface area contributed by atoms with Crippen molar-refractivity contribution in [1.29, 1.82) is 0 Å². The van der Waals surface area contributed by atoms with Crippen LogP contribution in [-0.2, 0) is 0 Å². The molecule has 0 bridgehead atoms. The lowest BCUT2D eigenvalue weighted by atomic mass is 9.94. The van der Waals surface area contributed by atoms with E-state index in [0.717, 1.165) is 105 Å². The van der Waals surface area contributed by atoms with Crippen molar-refractivity contribution in [1.82, 2.24) is 15.0 Å². The molecule has 0 saturated heterocycles. The summed E-state index contributed by atoms with van der Waals surface area (Å²) in [6, 6.07) is 65.5. The molecule has 0 N–H and O–H groups in total. The minimum Gasteiger partial charge on any atom is -0.456 e. The Balaban J connectivity index is 1.04. The van der Waals surface area contributed by atoms with Gasteiger partial charge in [0.2, 0.25) is 0 Å². The molecule has 0 atom stereocenters. The molecule has 0 spiro atoms. The molecule has 4 heterocycles. The predicted octanol–water partition coefficient (Wildman–Crippen LogP) is 14.8. The van der Waals surface area contributed by atoms with Gasteiger partial charge in [0.1, 0.15) is 22.3 Å². The molecule has 0 radical (unpaired) electrons. The van der Waals surface area contributed by atoms with E-state index in [2.05, 4.69) is 163 Å². The summed E-state index contributed by atoms with van der Waals surface area (Å²) in [6.45, 7) is 0. The summed E-state index contributed by atoms with van der Waals surface area (Å²) < 4.78 is 12.5. The Labute approximate surface area is 344 Å². The van der Waals surface area contributed by atoms with Gasteiger partial charge < -0.3 is 8.83 Å². The number of nitrogens with zero attached hydrogens (tertiary/aromatic N) is 3. The van der Waals surface area contributed by atoms with Crippen molar-refractivity contribution in [3.8, 4) is 67.3 Å². The smallest absolute Gasteiger partial charge is 0.160 e. The summed E-state index contributed by atoms with van der Waals surface area (Å²) in [5.74, 6) is 0.643. The average molecular weight is 768 g/mol. The Hall–Kier alpha value is -8.15. The second kappa shape index (κ2) is 13.8. The molecule has 12 aromatic rings. The van der Waals surface area contributed by atoms with Crippen LogP contribution in [0.4, 0.5) is 0 Å². The van der Waals surface area contributed by atoms with Crippen molar-refractivity contribution < 1.29 is 8.83 Å². The third-order valence-electron chi connectivity index (χ3n) is 11.6. The van der Waals surface area contributed by atoms with Crippen LogP contribution in [-0.4, -0.2) is 15.0 Å². The molecule has 0 saturated carbocycles. The fourth-order valence-corrected chi connectivity index (χ4v) is 8.58. The zero-order chi connectivity index (χ0) is 39.6. The largest absolute Gasteiger partial charge is 0.456 e. The highest BCUT2D eigenvalue weighted by Gasteiger charge is 2.17. The van der Waals surface area contributed by atoms with Crippen molar-refractivity contribution in [3.05, 3.63) is 200 Å². The van der Waals surface area contributed by atoms with Gasteiger partial charge in [-0.2, -0.15) is 0 Å². The summed E-state index contributed by atoms with van der Waals surface area (Å²) in [7, 11) is 0. The van der Waals surface area contributed by atoms with Gasteiger partial charge in [-0.05, 0) is 105 Å². The lowest BCUT2D eigenvalue weighted by molar-refractivity contribution is 0.668. The summed E-state index contributed by atoms with van der Waals surface area (Å²) >= 11 is 0. The van der Waals surface area contributed by atoms with Gasteiger partial charge in [0.15, 0.2) is 5.82 Å². The van der Waals surface area contributed by atoms with Gasteiger partial charge in [-0.15, -0.1) is 0 Å². The first kappa shape index (κ1) is 33.9. The quantitative estimate of drug-likeness (QED) is 0.169. The molecule has 0 fully saturated rings. The second-order valence-corrected chi connectivity index (χ2v) is 15.2. The number of furan rings is 2. The number of rotatable bonds is 6. The standard InChI is InChI=1S/C55H33N3O2/c1-2-9-35(10-3-1)49-32-50(36-19-17-34(18-20-36)43-14-8-11-39-33-56-26-25-44(39)43)58-55(57-49)42-28-40(37-21-23-53-47(30-37)45-12-4-6-15-51(45)59-53)27-41(29-42)38-22-24-54-48(31-38)46-13-5-7-16-52(46)60-54/h1-33H. The predicted molar refractivity (Wildman–Crippen MR) is 245 cm³/mol.